The lowest BCUT2D eigenvalue weighted by Gasteiger charge is -2.35. The summed E-state index contributed by atoms with van der Waals surface area (Å²) in [5.41, 5.74) is 0.167. The third kappa shape index (κ3) is 6.50. The molecule has 0 fully saturated rings. The van der Waals surface area contributed by atoms with Crippen LogP contribution in [0.1, 0.15) is 34.6 Å². The van der Waals surface area contributed by atoms with Crippen molar-refractivity contribution in [3.63, 3.8) is 0 Å². The van der Waals surface area contributed by atoms with E-state index in [9.17, 15) is 9.59 Å². The van der Waals surface area contributed by atoms with E-state index in [4.69, 9.17) is 17.0 Å². The third-order valence-electron chi connectivity index (χ3n) is 4.21. The minimum Gasteiger partial charge on any atom is -0.449 e. The number of hydrogen-bond donors (Lipinski definition) is 1. The van der Waals surface area contributed by atoms with E-state index in [1.807, 2.05) is 70.0 Å². The quantitative estimate of drug-likeness (QED) is 0.719. The molecule has 0 radical (unpaired) electrons. The zero-order valence-corrected chi connectivity index (χ0v) is 18.1. The van der Waals surface area contributed by atoms with Crippen molar-refractivity contribution < 1.29 is 14.3 Å². The predicted octanol–water partition coefficient (Wildman–Crippen LogP) is 3.46. The Morgan fingerprint density at radius 2 is 1.70 bits per heavy atom. The van der Waals surface area contributed by atoms with Gasteiger partial charge in [0.15, 0.2) is 0 Å². The van der Waals surface area contributed by atoms with Crippen LogP contribution in [-0.2, 0) is 9.53 Å². The van der Waals surface area contributed by atoms with Crippen LogP contribution in [0.5, 0.6) is 0 Å². The highest BCUT2D eigenvalue weighted by molar-refractivity contribution is 7.80. The average molecular weight is 394 g/mol. The molecule has 0 spiro atoms. The van der Waals surface area contributed by atoms with Gasteiger partial charge in [0.25, 0.3) is 0 Å². The molecule has 27 heavy (non-hydrogen) atoms. The van der Waals surface area contributed by atoms with E-state index in [0.29, 0.717) is 11.6 Å². The lowest BCUT2D eigenvalue weighted by atomic mass is 10.0. The zero-order valence-electron chi connectivity index (χ0n) is 17.3. The van der Waals surface area contributed by atoms with Gasteiger partial charge in [-0.3, -0.25) is 9.69 Å². The molecular formula is C20H31N3O3S. The molecule has 1 aromatic rings. The van der Waals surface area contributed by atoms with Crippen LogP contribution < -0.4 is 10.2 Å². The van der Waals surface area contributed by atoms with E-state index in [1.54, 1.807) is 14.0 Å². The Morgan fingerprint density at radius 3 is 2.22 bits per heavy atom. The number of rotatable bonds is 7. The summed E-state index contributed by atoms with van der Waals surface area (Å²) >= 11 is 5.59. The number of nitrogens with zero attached hydrogens (tertiary/aromatic N) is 2. The molecule has 2 amide bonds. The van der Waals surface area contributed by atoms with Crippen LogP contribution in [0.3, 0.4) is 0 Å². The van der Waals surface area contributed by atoms with Crippen molar-refractivity contribution in [2.75, 3.05) is 25.6 Å². The average Bonchev–Trinajstić information content (AvgIpc) is 2.63. The zero-order chi connectivity index (χ0) is 20.8. The van der Waals surface area contributed by atoms with Gasteiger partial charge in [-0.2, -0.15) is 0 Å². The summed E-state index contributed by atoms with van der Waals surface area (Å²) in [5, 5.41) is 2.94. The van der Waals surface area contributed by atoms with Crippen molar-refractivity contribution in [3.8, 4) is 0 Å². The van der Waals surface area contributed by atoms with E-state index in [2.05, 4.69) is 5.32 Å². The second-order valence-electron chi connectivity index (χ2n) is 7.57. The van der Waals surface area contributed by atoms with Gasteiger partial charge in [-0.05, 0) is 38.8 Å². The molecule has 7 heteroatoms. The van der Waals surface area contributed by atoms with Gasteiger partial charge in [0.1, 0.15) is 11.0 Å². The van der Waals surface area contributed by atoms with Crippen LogP contribution in [0.2, 0.25) is 0 Å². The third-order valence-corrected chi connectivity index (χ3v) is 4.99. The van der Waals surface area contributed by atoms with Crippen molar-refractivity contribution in [3.05, 3.63) is 30.3 Å². The van der Waals surface area contributed by atoms with Crippen molar-refractivity contribution in [1.82, 2.24) is 10.2 Å². The van der Waals surface area contributed by atoms with Gasteiger partial charge in [-0.15, -0.1) is 0 Å². The summed E-state index contributed by atoms with van der Waals surface area (Å²) in [7, 11) is 3.42. The second-order valence-corrected chi connectivity index (χ2v) is 7.96. The lowest BCUT2D eigenvalue weighted by Crippen LogP contribution is -2.58. The topological polar surface area (TPSA) is 61.9 Å². The number of thiocarbonyl (C=S) groups is 1. The summed E-state index contributed by atoms with van der Waals surface area (Å²) in [6, 6.07) is 9.01. The number of benzene rings is 1. The highest BCUT2D eigenvalue weighted by Gasteiger charge is 2.32. The van der Waals surface area contributed by atoms with E-state index < -0.39 is 17.7 Å². The Bertz CT molecular complexity index is 662. The molecule has 1 rings (SSSR count). The molecule has 0 aliphatic heterocycles. The molecule has 1 N–H and O–H groups in total. The van der Waals surface area contributed by atoms with Crippen molar-refractivity contribution in [2.24, 2.45) is 5.92 Å². The molecule has 0 bridgehead atoms. The first-order valence-electron chi connectivity index (χ1n) is 9.02. The number of likely N-dealkylation sites (N-methyl/N-ethyl adjacent to an activating group) is 2. The van der Waals surface area contributed by atoms with Gasteiger partial charge in [0.05, 0.1) is 12.1 Å². The maximum Gasteiger partial charge on any atom is 0.410 e. The Kier molecular flexibility index (Phi) is 8.21. The van der Waals surface area contributed by atoms with E-state index in [0.717, 1.165) is 5.69 Å². The number of ether oxygens (including phenoxy) is 1. The first kappa shape index (κ1) is 22.9. The molecule has 0 aliphatic rings. The molecular weight excluding hydrogens is 362 g/mol. The van der Waals surface area contributed by atoms with Crippen molar-refractivity contribution in [2.45, 2.75) is 46.2 Å². The monoisotopic (exact) mass is 393 g/mol. The Morgan fingerprint density at radius 1 is 1.15 bits per heavy atom. The van der Waals surface area contributed by atoms with Gasteiger partial charge in [0, 0.05) is 19.8 Å². The molecule has 0 saturated heterocycles. The molecule has 0 saturated carbocycles. The second kappa shape index (κ2) is 9.69. The number of para-hydroxylation sites is 1. The largest absolute Gasteiger partial charge is 0.449 e. The number of hydrogen-bond acceptors (Lipinski definition) is 4. The minimum atomic E-state index is -0.770. The summed E-state index contributed by atoms with van der Waals surface area (Å²) in [5.74, 6) is -0.0656. The number of nitrogens with one attached hydrogen (secondary N) is 1. The summed E-state index contributed by atoms with van der Waals surface area (Å²) in [6.45, 7) is 9.57. The summed E-state index contributed by atoms with van der Waals surface area (Å²) in [6.07, 6.45) is -0.520. The standard InChI is InChI=1S/C20H31N3O3S/c1-14(2)13-26-19(25)22(6)15(3)17(24)21-20(4,5)18(27)23(7)16-11-9-8-10-12-16/h8-12,14-15H,13H2,1-7H3,(H,21,24)/t15-/m0/s1. The molecule has 0 aliphatic carbocycles. The highest BCUT2D eigenvalue weighted by atomic mass is 32.1. The Labute approximate surface area is 167 Å². The molecule has 1 aromatic carbocycles. The number of anilines is 1. The molecule has 0 aromatic heterocycles. The first-order valence-corrected chi connectivity index (χ1v) is 9.43. The van der Waals surface area contributed by atoms with Crippen molar-refractivity contribution >= 4 is 34.9 Å². The van der Waals surface area contributed by atoms with Gasteiger partial charge < -0.3 is 15.0 Å². The summed E-state index contributed by atoms with van der Waals surface area (Å²) in [4.78, 5) is 28.5. The first-order chi connectivity index (χ1) is 12.5. The fourth-order valence-corrected chi connectivity index (χ4v) is 2.48. The Balaban J connectivity index is 2.75. The smallest absolute Gasteiger partial charge is 0.410 e. The molecule has 0 unspecified atom stereocenters. The van der Waals surface area contributed by atoms with Gasteiger partial charge in [-0.25, -0.2) is 4.79 Å². The number of carbonyl (C=O) groups is 2. The maximum atomic E-state index is 12.7. The molecule has 1 atom stereocenters. The fraction of sp³-hybridized carbons (Fsp3) is 0.550. The van der Waals surface area contributed by atoms with Crippen LogP contribution in [0.25, 0.3) is 0 Å². The van der Waals surface area contributed by atoms with Crippen LogP contribution >= 0.6 is 12.2 Å². The lowest BCUT2D eigenvalue weighted by molar-refractivity contribution is -0.126. The van der Waals surface area contributed by atoms with Crippen LogP contribution in [0, 0.1) is 5.92 Å². The van der Waals surface area contributed by atoms with Crippen LogP contribution in [0.4, 0.5) is 10.5 Å². The van der Waals surface area contributed by atoms with Crippen LogP contribution in [0.15, 0.2) is 30.3 Å². The van der Waals surface area contributed by atoms with E-state index >= 15 is 0 Å². The Hall–Kier alpha value is -2.15. The highest BCUT2D eigenvalue weighted by Crippen LogP contribution is 2.18. The van der Waals surface area contributed by atoms with E-state index in [1.165, 1.54) is 4.90 Å². The fourth-order valence-electron chi connectivity index (χ4n) is 2.33. The van der Waals surface area contributed by atoms with E-state index in [-0.39, 0.29) is 11.8 Å². The molecule has 0 heterocycles. The normalized spacial score (nSPS) is 12.3. The number of amides is 2. The maximum absolute atomic E-state index is 12.7. The van der Waals surface area contributed by atoms with Gasteiger partial charge in [0.2, 0.25) is 5.91 Å². The van der Waals surface area contributed by atoms with Gasteiger partial charge in [-0.1, -0.05) is 44.3 Å². The SMILES string of the molecule is CC(C)COC(=O)N(C)[C@@H](C)C(=O)NC(C)(C)C(=S)N(C)c1ccccc1. The molecule has 150 valence electrons. The predicted molar refractivity (Wildman–Crippen MR) is 113 cm³/mol. The number of carbonyl (C=O) groups excluding carboxylic acids is 2. The van der Waals surface area contributed by atoms with Crippen LogP contribution in [-0.4, -0.2) is 54.2 Å². The van der Waals surface area contributed by atoms with Gasteiger partial charge >= 0.3 is 6.09 Å². The summed E-state index contributed by atoms with van der Waals surface area (Å²) < 4.78 is 5.18. The minimum absolute atomic E-state index is 0.233. The van der Waals surface area contributed by atoms with Crippen molar-refractivity contribution in [1.29, 1.82) is 0 Å². The molecule has 6 nitrogen and oxygen atoms in total.